The van der Waals surface area contributed by atoms with Crippen LogP contribution in [0.4, 0.5) is 0 Å². The molecule has 0 radical (unpaired) electrons. The standard InChI is InChI=1S/C14H31O2P/c1-11(2,3)17(12(4,5)6)16-14(9,10)13(7,8)15/h15H,1-10H3. The van der Waals surface area contributed by atoms with Gasteiger partial charge < -0.3 is 9.63 Å². The third-order valence-electron chi connectivity index (χ3n) is 3.01. The van der Waals surface area contributed by atoms with Crippen LogP contribution in [0.2, 0.25) is 0 Å². The first-order valence-electron chi connectivity index (χ1n) is 6.31. The molecule has 0 saturated heterocycles. The summed E-state index contributed by atoms with van der Waals surface area (Å²) in [6.45, 7) is 20.8. The molecule has 0 aliphatic carbocycles. The van der Waals surface area contributed by atoms with Gasteiger partial charge in [0.25, 0.3) is 0 Å². The number of hydrogen-bond donors (Lipinski definition) is 1. The fourth-order valence-corrected chi connectivity index (χ4v) is 4.86. The first-order chi connectivity index (χ1) is 7.09. The van der Waals surface area contributed by atoms with Crippen molar-refractivity contribution >= 4 is 8.15 Å². The molecular formula is C14H31O2P. The van der Waals surface area contributed by atoms with Crippen molar-refractivity contribution in [3.05, 3.63) is 0 Å². The van der Waals surface area contributed by atoms with Crippen molar-refractivity contribution in [3.8, 4) is 0 Å². The van der Waals surface area contributed by atoms with Gasteiger partial charge in [-0.15, -0.1) is 0 Å². The molecule has 0 amide bonds. The first-order valence-corrected chi connectivity index (χ1v) is 7.57. The van der Waals surface area contributed by atoms with Crippen molar-refractivity contribution in [2.75, 3.05) is 0 Å². The van der Waals surface area contributed by atoms with E-state index in [-0.39, 0.29) is 10.3 Å². The Hall–Kier alpha value is 0.350. The molecule has 0 aromatic carbocycles. The van der Waals surface area contributed by atoms with E-state index in [0.717, 1.165) is 0 Å². The highest BCUT2D eigenvalue weighted by atomic mass is 31.1. The maximum Gasteiger partial charge on any atom is 0.0949 e. The van der Waals surface area contributed by atoms with Gasteiger partial charge in [-0.2, -0.15) is 0 Å². The largest absolute Gasteiger partial charge is 0.387 e. The molecular weight excluding hydrogens is 231 g/mol. The summed E-state index contributed by atoms with van der Waals surface area (Å²) >= 11 is 0. The van der Waals surface area contributed by atoms with Gasteiger partial charge in [0.2, 0.25) is 0 Å². The Bertz CT molecular complexity index is 237. The average Bonchev–Trinajstić information content (AvgIpc) is 1.93. The van der Waals surface area contributed by atoms with Gasteiger partial charge in [0.1, 0.15) is 0 Å². The normalized spacial score (nSPS) is 15.5. The number of aliphatic hydroxyl groups is 1. The fraction of sp³-hybridized carbons (Fsp3) is 1.00. The van der Waals surface area contributed by atoms with Crippen molar-refractivity contribution in [1.29, 1.82) is 0 Å². The van der Waals surface area contributed by atoms with Crippen LogP contribution in [0.25, 0.3) is 0 Å². The summed E-state index contributed by atoms with van der Waals surface area (Å²) in [6.07, 6.45) is 0. The maximum atomic E-state index is 10.2. The molecule has 3 heteroatoms. The Kier molecular flexibility index (Phi) is 4.89. The molecule has 0 heterocycles. The Morgan fingerprint density at radius 1 is 0.706 bits per heavy atom. The second kappa shape index (κ2) is 4.79. The molecule has 1 N–H and O–H groups in total. The molecule has 0 rings (SSSR count). The molecule has 2 nitrogen and oxygen atoms in total. The second-order valence-corrected chi connectivity index (χ2v) is 11.3. The van der Waals surface area contributed by atoms with Crippen molar-refractivity contribution in [2.24, 2.45) is 0 Å². The van der Waals surface area contributed by atoms with Gasteiger partial charge in [0.15, 0.2) is 0 Å². The lowest BCUT2D eigenvalue weighted by Crippen LogP contribution is -2.48. The highest BCUT2D eigenvalue weighted by Crippen LogP contribution is 2.62. The van der Waals surface area contributed by atoms with Gasteiger partial charge in [-0.25, -0.2) is 0 Å². The lowest BCUT2D eigenvalue weighted by molar-refractivity contribution is -0.0878. The molecule has 0 atom stereocenters. The zero-order chi connectivity index (χ0) is 14.3. The van der Waals surface area contributed by atoms with Gasteiger partial charge >= 0.3 is 0 Å². The quantitative estimate of drug-likeness (QED) is 0.756. The van der Waals surface area contributed by atoms with Crippen LogP contribution in [0.15, 0.2) is 0 Å². The van der Waals surface area contributed by atoms with Gasteiger partial charge in [0.05, 0.1) is 11.2 Å². The van der Waals surface area contributed by atoms with Crippen molar-refractivity contribution in [1.82, 2.24) is 0 Å². The van der Waals surface area contributed by atoms with Crippen LogP contribution in [0.1, 0.15) is 69.2 Å². The predicted octanol–water partition coefficient (Wildman–Crippen LogP) is 4.55. The van der Waals surface area contributed by atoms with E-state index in [2.05, 4.69) is 41.5 Å². The summed E-state index contributed by atoms with van der Waals surface area (Å²) in [4.78, 5) is 0. The minimum atomic E-state index is -0.843. The highest BCUT2D eigenvalue weighted by Gasteiger charge is 2.44. The van der Waals surface area contributed by atoms with Gasteiger partial charge in [-0.1, -0.05) is 41.5 Å². The Labute approximate surface area is 109 Å². The topological polar surface area (TPSA) is 29.5 Å². The summed E-state index contributed by atoms with van der Waals surface area (Å²) in [5.41, 5.74) is -1.39. The van der Waals surface area contributed by atoms with E-state index in [0.29, 0.717) is 0 Å². The molecule has 0 saturated carbocycles. The van der Waals surface area contributed by atoms with Gasteiger partial charge in [-0.05, 0) is 27.7 Å². The molecule has 0 fully saturated rings. The molecule has 0 aliphatic heterocycles. The molecule has 0 aromatic rings. The first kappa shape index (κ1) is 17.4. The van der Waals surface area contributed by atoms with Crippen molar-refractivity contribution in [3.63, 3.8) is 0 Å². The Morgan fingerprint density at radius 3 is 1.18 bits per heavy atom. The summed E-state index contributed by atoms with van der Waals surface area (Å²) in [5, 5.41) is 10.4. The Balaban J connectivity index is 5.17. The van der Waals surface area contributed by atoms with E-state index in [1.807, 2.05) is 27.7 Å². The maximum absolute atomic E-state index is 10.2. The minimum absolute atomic E-state index is 0.107. The lowest BCUT2D eigenvalue weighted by atomic mass is 9.90. The van der Waals surface area contributed by atoms with Crippen LogP contribution in [0.5, 0.6) is 0 Å². The fourth-order valence-electron chi connectivity index (χ4n) is 1.62. The molecule has 104 valence electrons. The summed E-state index contributed by atoms with van der Waals surface area (Å²) in [6, 6.07) is 0. The average molecular weight is 262 g/mol. The van der Waals surface area contributed by atoms with Crippen LogP contribution < -0.4 is 0 Å². The SMILES string of the molecule is CC(C)(C)P(OC(C)(C)C(C)(C)O)C(C)(C)C. The highest BCUT2D eigenvalue weighted by molar-refractivity contribution is 7.55. The zero-order valence-corrected chi connectivity index (χ0v) is 14.2. The summed E-state index contributed by atoms with van der Waals surface area (Å²) < 4.78 is 6.35. The van der Waals surface area contributed by atoms with E-state index in [1.54, 1.807) is 0 Å². The van der Waals surface area contributed by atoms with Crippen LogP contribution in [-0.4, -0.2) is 26.6 Å². The third-order valence-corrected chi connectivity index (χ3v) is 6.09. The molecule has 0 spiro atoms. The number of rotatable bonds is 3. The van der Waals surface area contributed by atoms with E-state index in [4.69, 9.17) is 4.52 Å². The smallest absolute Gasteiger partial charge is 0.0949 e. The van der Waals surface area contributed by atoms with Crippen LogP contribution in [0, 0.1) is 0 Å². The lowest BCUT2D eigenvalue weighted by Gasteiger charge is -2.48. The zero-order valence-electron chi connectivity index (χ0n) is 13.3. The number of hydrogen-bond acceptors (Lipinski definition) is 2. The Morgan fingerprint density at radius 2 is 1.00 bits per heavy atom. The van der Waals surface area contributed by atoms with Crippen LogP contribution >= 0.6 is 8.15 Å². The van der Waals surface area contributed by atoms with Crippen molar-refractivity contribution < 1.29 is 9.63 Å². The summed E-state index contributed by atoms with van der Waals surface area (Å²) in [7, 11) is -0.655. The van der Waals surface area contributed by atoms with Crippen LogP contribution in [-0.2, 0) is 4.52 Å². The molecule has 0 unspecified atom stereocenters. The molecule has 0 bridgehead atoms. The predicted molar refractivity (Wildman–Crippen MR) is 77.9 cm³/mol. The van der Waals surface area contributed by atoms with E-state index < -0.39 is 19.4 Å². The van der Waals surface area contributed by atoms with Crippen molar-refractivity contribution in [2.45, 2.75) is 90.8 Å². The van der Waals surface area contributed by atoms with Crippen LogP contribution in [0.3, 0.4) is 0 Å². The minimum Gasteiger partial charge on any atom is -0.387 e. The third kappa shape index (κ3) is 4.85. The monoisotopic (exact) mass is 262 g/mol. The molecule has 0 aromatic heterocycles. The van der Waals surface area contributed by atoms with Gasteiger partial charge in [0, 0.05) is 18.5 Å². The van der Waals surface area contributed by atoms with Gasteiger partial charge in [-0.3, -0.25) is 0 Å². The van der Waals surface area contributed by atoms with E-state index >= 15 is 0 Å². The summed E-state index contributed by atoms with van der Waals surface area (Å²) in [5.74, 6) is 0. The van der Waals surface area contributed by atoms with E-state index in [1.165, 1.54) is 0 Å². The van der Waals surface area contributed by atoms with E-state index in [9.17, 15) is 5.11 Å². The second-order valence-electron chi connectivity index (χ2n) is 7.80. The molecule has 0 aliphatic rings. The molecule has 17 heavy (non-hydrogen) atoms.